The third-order valence-electron chi connectivity index (χ3n) is 2.02. The first kappa shape index (κ1) is 10.1. The minimum atomic E-state index is 0.339. The number of rotatable bonds is 3. The Balaban J connectivity index is 2.02. The van der Waals surface area contributed by atoms with Gasteiger partial charge in [0.1, 0.15) is 5.75 Å². The summed E-state index contributed by atoms with van der Waals surface area (Å²) in [6.07, 6.45) is 3.82. The van der Waals surface area contributed by atoms with E-state index in [-0.39, 0.29) is 0 Å². The molecule has 0 bridgehead atoms. The molecule has 0 atom stereocenters. The van der Waals surface area contributed by atoms with Gasteiger partial charge in [-0.2, -0.15) is 5.10 Å². The molecule has 0 aliphatic heterocycles. The molecule has 0 amide bonds. The number of aromatic nitrogens is 2. The van der Waals surface area contributed by atoms with Crippen LogP contribution in [0.2, 0.25) is 0 Å². The molecular weight excluding hydrogens is 208 g/mol. The molecule has 1 N–H and O–H groups in total. The van der Waals surface area contributed by atoms with Gasteiger partial charge in [-0.05, 0) is 12.1 Å². The molecule has 1 heterocycles. The monoisotopic (exact) mass is 220 g/mol. The highest BCUT2D eigenvalue weighted by Crippen LogP contribution is 2.29. The van der Waals surface area contributed by atoms with Crippen LogP contribution in [0.25, 0.3) is 0 Å². The third-order valence-corrected chi connectivity index (χ3v) is 3.15. The SMILES string of the molecule is Cn1cc(CSc2ccccc2O)cn1. The Kier molecular flexibility index (Phi) is 2.97. The van der Waals surface area contributed by atoms with Crippen LogP contribution in [-0.2, 0) is 12.8 Å². The van der Waals surface area contributed by atoms with Crippen molar-refractivity contribution in [1.29, 1.82) is 0 Å². The number of benzene rings is 1. The summed E-state index contributed by atoms with van der Waals surface area (Å²) in [6.45, 7) is 0. The number of aromatic hydroxyl groups is 1. The zero-order valence-electron chi connectivity index (χ0n) is 8.42. The first-order valence-electron chi connectivity index (χ1n) is 4.64. The van der Waals surface area contributed by atoms with E-state index in [0.29, 0.717) is 5.75 Å². The van der Waals surface area contributed by atoms with E-state index >= 15 is 0 Å². The average Bonchev–Trinajstić information content (AvgIpc) is 2.63. The van der Waals surface area contributed by atoms with Crippen LogP contribution in [-0.4, -0.2) is 14.9 Å². The van der Waals surface area contributed by atoms with E-state index in [1.807, 2.05) is 37.6 Å². The topological polar surface area (TPSA) is 38.0 Å². The number of aryl methyl sites for hydroxylation is 1. The molecule has 1 aromatic carbocycles. The Morgan fingerprint density at radius 3 is 2.87 bits per heavy atom. The molecule has 78 valence electrons. The lowest BCUT2D eigenvalue weighted by molar-refractivity contribution is 0.462. The predicted octanol–water partition coefficient (Wildman–Crippen LogP) is 2.42. The second-order valence-electron chi connectivity index (χ2n) is 3.28. The average molecular weight is 220 g/mol. The van der Waals surface area contributed by atoms with Crippen LogP contribution < -0.4 is 0 Å². The molecule has 1 aromatic heterocycles. The molecule has 4 heteroatoms. The minimum Gasteiger partial charge on any atom is -0.507 e. The van der Waals surface area contributed by atoms with Gasteiger partial charge < -0.3 is 5.11 Å². The van der Waals surface area contributed by atoms with Gasteiger partial charge in [0.25, 0.3) is 0 Å². The highest BCUT2D eigenvalue weighted by atomic mass is 32.2. The second kappa shape index (κ2) is 4.40. The second-order valence-corrected chi connectivity index (χ2v) is 4.30. The summed E-state index contributed by atoms with van der Waals surface area (Å²) in [5, 5.41) is 13.6. The normalized spacial score (nSPS) is 10.5. The van der Waals surface area contributed by atoms with Gasteiger partial charge in [0.2, 0.25) is 0 Å². The van der Waals surface area contributed by atoms with Crippen molar-refractivity contribution in [2.75, 3.05) is 0 Å². The lowest BCUT2D eigenvalue weighted by atomic mass is 10.3. The van der Waals surface area contributed by atoms with Crippen molar-refractivity contribution >= 4 is 11.8 Å². The fourth-order valence-corrected chi connectivity index (χ4v) is 2.15. The maximum absolute atomic E-state index is 9.55. The number of para-hydroxylation sites is 1. The fourth-order valence-electron chi connectivity index (χ4n) is 1.29. The Hall–Kier alpha value is -1.42. The van der Waals surface area contributed by atoms with Gasteiger partial charge in [0.15, 0.2) is 0 Å². The smallest absolute Gasteiger partial charge is 0.129 e. The van der Waals surface area contributed by atoms with Gasteiger partial charge >= 0.3 is 0 Å². The molecule has 0 aliphatic carbocycles. The van der Waals surface area contributed by atoms with Gasteiger partial charge in [-0.3, -0.25) is 4.68 Å². The summed E-state index contributed by atoms with van der Waals surface area (Å²) in [5.74, 6) is 1.16. The lowest BCUT2D eigenvalue weighted by Gasteiger charge is -2.01. The maximum atomic E-state index is 9.55. The molecule has 0 spiro atoms. The zero-order chi connectivity index (χ0) is 10.7. The van der Waals surface area contributed by atoms with Crippen LogP contribution in [0.15, 0.2) is 41.6 Å². The van der Waals surface area contributed by atoms with Gasteiger partial charge in [0.05, 0.1) is 6.20 Å². The zero-order valence-corrected chi connectivity index (χ0v) is 9.24. The summed E-state index contributed by atoms with van der Waals surface area (Å²) in [5.41, 5.74) is 1.16. The lowest BCUT2D eigenvalue weighted by Crippen LogP contribution is -1.84. The summed E-state index contributed by atoms with van der Waals surface area (Å²) in [4.78, 5) is 0.904. The number of nitrogens with zero attached hydrogens (tertiary/aromatic N) is 2. The van der Waals surface area contributed by atoms with Crippen LogP contribution in [0.3, 0.4) is 0 Å². The molecule has 0 saturated heterocycles. The Morgan fingerprint density at radius 2 is 2.20 bits per heavy atom. The summed E-state index contributed by atoms with van der Waals surface area (Å²) >= 11 is 1.61. The van der Waals surface area contributed by atoms with E-state index in [9.17, 15) is 5.11 Å². The summed E-state index contributed by atoms with van der Waals surface area (Å²) in [7, 11) is 1.90. The predicted molar refractivity (Wildman–Crippen MR) is 60.9 cm³/mol. The van der Waals surface area contributed by atoms with Crippen LogP contribution >= 0.6 is 11.8 Å². The van der Waals surface area contributed by atoms with E-state index in [1.165, 1.54) is 0 Å². The number of hydrogen-bond donors (Lipinski definition) is 1. The van der Waals surface area contributed by atoms with Crippen molar-refractivity contribution in [3.05, 3.63) is 42.2 Å². The Labute approximate surface area is 92.7 Å². The van der Waals surface area contributed by atoms with Gasteiger partial charge in [-0.25, -0.2) is 0 Å². The van der Waals surface area contributed by atoms with E-state index in [4.69, 9.17) is 0 Å². The molecule has 0 aliphatic rings. The van der Waals surface area contributed by atoms with E-state index in [1.54, 1.807) is 22.5 Å². The number of thioether (sulfide) groups is 1. The number of hydrogen-bond acceptors (Lipinski definition) is 3. The Morgan fingerprint density at radius 1 is 1.40 bits per heavy atom. The van der Waals surface area contributed by atoms with Crippen LogP contribution in [0.1, 0.15) is 5.56 Å². The molecule has 2 aromatic rings. The van der Waals surface area contributed by atoms with Crippen LogP contribution in [0.4, 0.5) is 0 Å². The highest BCUT2D eigenvalue weighted by Gasteiger charge is 2.02. The first-order valence-corrected chi connectivity index (χ1v) is 5.62. The van der Waals surface area contributed by atoms with Crippen LogP contribution in [0, 0.1) is 0 Å². The molecule has 2 rings (SSSR count). The van der Waals surface area contributed by atoms with Crippen molar-refractivity contribution in [3.63, 3.8) is 0 Å². The quantitative estimate of drug-likeness (QED) is 0.807. The standard InChI is InChI=1S/C11H12N2OS/c1-13-7-9(6-12-13)8-15-11-5-3-2-4-10(11)14/h2-7,14H,8H2,1H3. The number of phenols is 1. The molecule has 0 unspecified atom stereocenters. The van der Waals surface area contributed by atoms with Crippen molar-refractivity contribution in [3.8, 4) is 5.75 Å². The summed E-state index contributed by atoms with van der Waals surface area (Å²) in [6, 6.07) is 7.36. The number of phenolic OH excluding ortho intramolecular Hbond substituents is 1. The maximum Gasteiger partial charge on any atom is 0.129 e. The van der Waals surface area contributed by atoms with Gasteiger partial charge in [-0.1, -0.05) is 12.1 Å². The van der Waals surface area contributed by atoms with Crippen molar-refractivity contribution in [2.45, 2.75) is 10.6 Å². The van der Waals surface area contributed by atoms with Gasteiger partial charge in [0, 0.05) is 29.5 Å². The highest BCUT2D eigenvalue weighted by molar-refractivity contribution is 7.98. The molecule has 0 saturated carbocycles. The van der Waals surface area contributed by atoms with E-state index in [0.717, 1.165) is 16.2 Å². The van der Waals surface area contributed by atoms with E-state index in [2.05, 4.69) is 5.10 Å². The van der Waals surface area contributed by atoms with E-state index < -0.39 is 0 Å². The Bertz CT molecular complexity index is 453. The third kappa shape index (κ3) is 2.53. The van der Waals surface area contributed by atoms with Gasteiger partial charge in [-0.15, -0.1) is 11.8 Å². The van der Waals surface area contributed by atoms with Crippen molar-refractivity contribution in [1.82, 2.24) is 9.78 Å². The molecular formula is C11H12N2OS. The van der Waals surface area contributed by atoms with Crippen molar-refractivity contribution < 1.29 is 5.11 Å². The molecule has 0 fully saturated rings. The van der Waals surface area contributed by atoms with Crippen LogP contribution in [0.5, 0.6) is 5.75 Å². The molecule has 15 heavy (non-hydrogen) atoms. The largest absolute Gasteiger partial charge is 0.507 e. The first-order chi connectivity index (χ1) is 7.25. The fraction of sp³-hybridized carbons (Fsp3) is 0.182. The van der Waals surface area contributed by atoms with Crippen molar-refractivity contribution in [2.24, 2.45) is 7.05 Å². The minimum absolute atomic E-state index is 0.339. The molecule has 3 nitrogen and oxygen atoms in total. The molecule has 0 radical (unpaired) electrons. The summed E-state index contributed by atoms with van der Waals surface area (Å²) < 4.78 is 1.78.